The molecular formula is C46H59BBr2ClCs2F3NNaO11. The van der Waals surface area contributed by atoms with Gasteiger partial charge in [-0.2, -0.15) is 13.2 Å². The van der Waals surface area contributed by atoms with Crippen LogP contribution in [0, 0.1) is 0 Å². The number of furan rings is 1. The molecular weight excluding hydrogens is 1290 g/mol. The first kappa shape index (κ1) is 71.1. The van der Waals surface area contributed by atoms with Crippen molar-refractivity contribution in [3.8, 4) is 5.75 Å². The average Bonchev–Trinajstić information content (AvgIpc) is 3.84. The maximum atomic E-state index is 11.8. The van der Waals surface area contributed by atoms with Gasteiger partial charge in [-0.05, 0) is 133 Å². The molecule has 2 aliphatic rings. The molecule has 1 fully saturated rings. The fourth-order valence-corrected chi connectivity index (χ4v) is 6.65. The van der Waals surface area contributed by atoms with Crippen LogP contribution in [0.15, 0.2) is 87.8 Å². The summed E-state index contributed by atoms with van der Waals surface area (Å²) >= 11 is 12.2. The van der Waals surface area contributed by atoms with Gasteiger partial charge in [0.05, 0.1) is 35.7 Å². The molecule has 6 rings (SSSR count). The first-order chi connectivity index (χ1) is 30.2. The summed E-state index contributed by atoms with van der Waals surface area (Å²) in [4.78, 5) is 34.4. The smallest absolute Gasteiger partial charge is 1.00 e. The molecule has 0 atom stereocenters. The molecule has 0 aliphatic carbocycles. The number of amides is 1. The van der Waals surface area contributed by atoms with Crippen LogP contribution in [0.5, 0.6) is 5.75 Å². The minimum Gasteiger partial charge on any atom is -1.00 e. The van der Waals surface area contributed by atoms with Gasteiger partial charge in [0.1, 0.15) is 17.1 Å². The Hall–Kier alpha value is 1.04. The molecule has 0 unspecified atom stereocenters. The minimum absolute atomic E-state index is 0. The molecule has 22 heteroatoms. The van der Waals surface area contributed by atoms with Crippen molar-refractivity contribution in [1.82, 2.24) is 5.32 Å². The summed E-state index contributed by atoms with van der Waals surface area (Å²) in [5.74, 6) is 0.714. The Bertz CT molecular complexity index is 2110. The Morgan fingerprint density at radius 1 is 0.941 bits per heavy atom. The number of hydrogen-bond donors (Lipinski definition) is 1. The molecule has 1 aromatic heterocycles. The van der Waals surface area contributed by atoms with Gasteiger partial charge in [0.25, 0.3) is 6.47 Å². The van der Waals surface area contributed by atoms with Crippen molar-refractivity contribution in [2.24, 2.45) is 0 Å². The molecule has 3 aromatic carbocycles. The number of rotatable bonds is 8. The molecule has 1 amide bonds. The fourth-order valence-electron chi connectivity index (χ4n) is 5.70. The van der Waals surface area contributed by atoms with Crippen molar-refractivity contribution >= 4 is 74.6 Å². The molecule has 2 aliphatic heterocycles. The normalized spacial score (nSPS) is 14.0. The third-order valence-electron chi connectivity index (χ3n) is 9.90. The van der Waals surface area contributed by atoms with Crippen LogP contribution in [0.4, 0.5) is 18.0 Å². The summed E-state index contributed by atoms with van der Waals surface area (Å²) in [6.07, 6.45) is -2.57. The topological polar surface area (TPSA) is 155 Å². The van der Waals surface area contributed by atoms with E-state index in [-0.39, 0.29) is 207 Å². The van der Waals surface area contributed by atoms with Gasteiger partial charge in [-0.25, -0.2) is 4.79 Å². The van der Waals surface area contributed by atoms with E-state index in [4.69, 9.17) is 45.2 Å². The van der Waals surface area contributed by atoms with Crippen LogP contribution in [0.2, 0.25) is 0 Å². The third kappa shape index (κ3) is 24.6. The van der Waals surface area contributed by atoms with Gasteiger partial charge in [-0.1, -0.05) is 80.4 Å². The molecule has 362 valence electrons. The molecule has 0 radical (unpaired) electrons. The molecule has 0 saturated carbocycles. The van der Waals surface area contributed by atoms with Gasteiger partial charge >= 0.3 is 193 Å². The van der Waals surface area contributed by atoms with Crippen LogP contribution in [0.3, 0.4) is 0 Å². The number of carbonyl (C=O) groups is 3. The van der Waals surface area contributed by atoms with E-state index >= 15 is 0 Å². The minimum atomic E-state index is -4.37. The molecule has 1 N–H and O–H groups in total. The van der Waals surface area contributed by atoms with Crippen molar-refractivity contribution < 1.29 is 236 Å². The van der Waals surface area contributed by atoms with Crippen LogP contribution in [0.25, 0.3) is 0 Å². The number of methoxy groups -OCH3 is 1. The van der Waals surface area contributed by atoms with Gasteiger partial charge < -0.3 is 46.3 Å². The van der Waals surface area contributed by atoms with E-state index in [9.17, 15) is 22.8 Å². The number of halogens is 6. The van der Waals surface area contributed by atoms with Crippen molar-refractivity contribution in [1.29, 1.82) is 0 Å². The predicted octanol–water partition coefficient (Wildman–Crippen LogP) is 1.53. The van der Waals surface area contributed by atoms with E-state index in [1.165, 1.54) is 24.3 Å². The van der Waals surface area contributed by atoms with Gasteiger partial charge in [0.15, 0.2) is 0 Å². The number of alkyl carbamates (subject to hydrolysis) is 1. The summed E-state index contributed by atoms with van der Waals surface area (Å²) in [6, 6.07) is 23.8. The van der Waals surface area contributed by atoms with Crippen molar-refractivity contribution in [3.63, 3.8) is 0 Å². The Labute approximate surface area is 563 Å². The Morgan fingerprint density at radius 2 is 1.51 bits per heavy atom. The first-order valence-corrected chi connectivity index (χ1v) is 22.7. The van der Waals surface area contributed by atoms with E-state index in [1.807, 2.05) is 123 Å². The Balaban J connectivity index is -0.000000412. The van der Waals surface area contributed by atoms with Crippen LogP contribution in [-0.2, 0) is 69.0 Å². The van der Waals surface area contributed by atoms with Gasteiger partial charge in [-0.3, -0.25) is 9.59 Å². The number of nitrogens with one attached hydrogen (secondary N) is 1. The zero-order chi connectivity index (χ0) is 49.2. The summed E-state index contributed by atoms with van der Waals surface area (Å²) in [5.41, 5.74) is 3.62. The second kappa shape index (κ2) is 33.9. The van der Waals surface area contributed by atoms with Crippen LogP contribution < -0.4 is 188 Å². The number of benzene rings is 3. The van der Waals surface area contributed by atoms with E-state index in [2.05, 4.69) is 52.5 Å². The summed E-state index contributed by atoms with van der Waals surface area (Å²) in [7, 11) is 1.03. The largest absolute Gasteiger partial charge is 1.00 e. The molecule has 68 heavy (non-hydrogen) atoms. The fraction of sp³-hybridized carbons (Fsp3) is 0.457. The maximum absolute atomic E-state index is 11.8. The molecule has 4 aromatic rings. The number of alkyl halides is 5. The first-order valence-electron chi connectivity index (χ1n) is 20.2. The van der Waals surface area contributed by atoms with E-state index < -0.39 is 29.0 Å². The van der Waals surface area contributed by atoms with Crippen molar-refractivity contribution in [2.75, 3.05) is 13.7 Å². The number of carbonyl (C=O) groups excluding carboxylic acids is 3. The third-order valence-corrected chi connectivity index (χ3v) is 11.2. The molecule has 1 saturated heterocycles. The SMILES string of the molecule is CC(C)(C)OC(=O)NCc1ccc(B2OC(C)(C)C(C)(C)O2)cc1.COC(=O)C(C)(C)c1cccc(Br)c1.ClCc1cccc2c1CCCO2.FC(F)(F)c1ccc(CBr)o1.O=CO[O-].[Cs+].[Cs+].[H-].[H-].[Na+]. The number of hydrogen-bond acceptors (Lipinski definition) is 11. The maximum Gasteiger partial charge on any atom is 1.00 e. The second-order valence-corrected chi connectivity index (χ2v) is 18.6. The van der Waals surface area contributed by atoms with Crippen LogP contribution in [0.1, 0.15) is 105 Å². The van der Waals surface area contributed by atoms with Gasteiger partial charge in [-0.15, -0.1) is 11.6 Å². The molecule has 0 spiro atoms. The standard InChI is InChI=1S/C18H28BNO4.C11H13BrO2.C10H11ClO.C6H4BrF3O.CH2O3.2Cs.Na.2H/c1-16(2,3)22-15(21)20-12-13-8-10-14(11-9-13)19-23-17(4,5)18(6,7)24-19;1-11(2,10(13)14-3)8-5-4-6-9(12)7-8;11-7-8-3-1-5-10-9(8)4-2-6-12-10;7-3-4-1-2-5(11-4)6(8,9)10;2-1-4-3;;;;;/h8-11H,12H2,1-7H3,(H,20,21);4-7H,1-3H3;1,3,5H,2,4,6-7H2;1-2H,3H2;1,3H;;;;;/q;;;;;3*+1;2*-1/p-1. The van der Waals surface area contributed by atoms with Crippen molar-refractivity contribution in [3.05, 3.63) is 117 Å². The van der Waals surface area contributed by atoms with Crippen molar-refractivity contribution in [2.45, 2.75) is 121 Å². The van der Waals surface area contributed by atoms with Crippen LogP contribution >= 0.6 is 43.5 Å². The van der Waals surface area contributed by atoms with E-state index in [1.54, 1.807) is 0 Å². The average molecular weight is 1350 g/mol. The molecule has 0 bridgehead atoms. The summed E-state index contributed by atoms with van der Waals surface area (Å²) in [5, 5.41) is 11.5. The van der Waals surface area contributed by atoms with Gasteiger partial charge in [0, 0.05) is 16.9 Å². The number of fused-ring (bicyclic) bond motifs is 1. The van der Waals surface area contributed by atoms with Gasteiger partial charge in [0.2, 0.25) is 5.76 Å². The second-order valence-electron chi connectivity index (χ2n) is 16.9. The number of ether oxygens (including phenoxy) is 3. The Kier molecular flexibility index (Phi) is 35.4. The quantitative estimate of drug-likeness (QED) is 0.0683. The molecule has 3 heterocycles. The Morgan fingerprint density at radius 3 is 1.97 bits per heavy atom. The zero-order valence-electron chi connectivity index (χ0n) is 43.2. The summed E-state index contributed by atoms with van der Waals surface area (Å²) in [6.45, 7) is 18.4. The van der Waals surface area contributed by atoms with E-state index in [0.717, 1.165) is 52.3 Å². The monoisotopic (exact) mass is 1350 g/mol. The number of esters is 1. The van der Waals surface area contributed by atoms with Crippen LogP contribution in [-0.4, -0.2) is 56.2 Å². The predicted molar refractivity (Wildman–Crippen MR) is 250 cm³/mol. The summed E-state index contributed by atoms with van der Waals surface area (Å²) < 4.78 is 68.4. The molecule has 12 nitrogen and oxygen atoms in total. The zero-order valence-corrected chi connectivity index (χ0v) is 59.6. The van der Waals surface area contributed by atoms with E-state index in [0.29, 0.717) is 17.8 Å².